The van der Waals surface area contributed by atoms with Crippen LogP contribution in [0, 0.1) is 11.6 Å². The van der Waals surface area contributed by atoms with E-state index in [1.54, 1.807) is 4.40 Å². The number of halogens is 5. The summed E-state index contributed by atoms with van der Waals surface area (Å²) < 4.78 is 70.2. The van der Waals surface area contributed by atoms with Gasteiger partial charge in [0.25, 0.3) is 5.91 Å². The Labute approximate surface area is 189 Å². The van der Waals surface area contributed by atoms with E-state index in [1.165, 1.54) is 23.5 Å². The number of hydrogen-bond acceptors (Lipinski definition) is 4. The Morgan fingerprint density at radius 3 is 2.59 bits per heavy atom. The minimum atomic E-state index is -4.69. The topological polar surface area (TPSA) is 76.5 Å². The average Bonchev–Trinajstić information content (AvgIpc) is 3.29. The Bertz CT molecular complexity index is 1430. The number of rotatable bonds is 2. The molecule has 3 heterocycles. The number of carbonyl (C=O) groups excluding carboxylic acids is 1. The van der Waals surface area contributed by atoms with Gasteiger partial charge in [-0.3, -0.25) is 9.20 Å². The monoisotopic (exact) mass is 475 g/mol. The van der Waals surface area contributed by atoms with Crippen LogP contribution < -0.4 is 5.73 Å². The number of imidazole rings is 1. The lowest BCUT2D eigenvalue weighted by atomic mass is 9.93. The number of anilines is 1. The molecule has 1 aliphatic rings. The van der Waals surface area contributed by atoms with Crippen molar-refractivity contribution in [1.82, 2.24) is 19.3 Å². The van der Waals surface area contributed by atoms with Gasteiger partial charge in [0.05, 0.1) is 40.7 Å². The molecule has 0 aliphatic carbocycles. The van der Waals surface area contributed by atoms with Gasteiger partial charge in [-0.15, -0.1) is 0 Å². The lowest BCUT2D eigenvalue weighted by Crippen LogP contribution is -2.39. The van der Waals surface area contributed by atoms with Gasteiger partial charge in [-0.2, -0.15) is 13.2 Å². The van der Waals surface area contributed by atoms with Crippen LogP contribution in [0.5, 0.6) is 0 Å². The number of hydrogen-bond donors (Lipinski definition) is 1. The lowest BCUT2D eigenvalue weighted by molar-refractivity contribution is -0.137. The minimum Gasteiger partial charge on any atom is -0.382 e. The van der Waals surface area contributed by atoms with Crippen LogP contribution in [0.1, 0.15) is 46.8 Å². The van der Waals surface area contributed by atoms with Gasteiger partial charge in [-0.05, 0) is 37.5 Å². The lowest BCUT2D eigenvalue weighted by Gasteiger charge is -2.36. The number of nitrogens with two attached hydrogens (primary N) is 1. The molecule has 2 aromatic carbocycles. The van der Waals surface area contributed by atoms with E-state index in [4.69, 9.17) is 5.73 Å². The summed E-state index contributed by atoms with van der Waals surface area (Å²) in [5.41, 5.74) is 5.60. The van der Waals surface area contributed by atoms with Crippen LogP contribution in [0.3, 0.4) is 0 Å². The van der Waals surface area contributed by atoms with Crippen molar-refractivity contribution in [3.63, 3.8) is 0 Å². The first-order valence-corrected chi connectivity index (χ1v) is 10.5. The number of aromatic nitrogens is 3. The summed E-state index contributed by atoms with van der Waals surface area (Å²) >= 11 is 0. The van der Waals surface area contributed by atoms with Gasteiger partial charge in [-0.1, -0.05) is 6.07 Å². The van der Waals surface area contributed by atoms with Crippen molar-refractivity contribution in [3.05, 3.63) is 71.2 Å². The second-order valence-electron chi connectivity index (χ2n) is 8.21. The molecule has 1 saturated heterocycles. The summed E-state index contributed by atoms with van der Waals surface area (Å²) in [6, 6.07) is 3.87. The molecule has 0 spiro atoms. The quantitative estimate of drug-likeness (QED) is 0.408. The first-order valence-electron chi connectivity index (χ1n) is 10.5. The van der Waals surface area contributed by atoms with Crippen molar-refractivity contribution in [2.45, 2.75) is 31.5 Å². The van der Waals surface area contributed by atoms with E-state index in [1.807, 2.05) is 0 Å². The molecule has 1 aliphatic heterocycles. The molecule has 2 aromatic heterocycles. The highest BCUT2D eigenvalue weighted by atomic mass is 19.4. The van der Waals surface area contributed by atoms with Crippen molar-refractivity contribution < 1.29 is 26.7 Å². The fourth-order valence-corrected chi connectivity index (χ4v) is 4.49. The predicted octanol–water partition coefficient (Wildman–Crippen LogP) is 5.13. The number of piperidine rings is 1. The Hall–Kier alpha value is -3.76. The standard InChI is InChI=1S/C23H18F5N5O/c24-15-7-12(23(26,27)28)4-5-13(15)18-3-1-2-6-32(18)22(34)14-8-19-17(9-16(14)25)31-21(29)20-10-30-11-33(19)20/h4-5,7-11,18H,1-3,6H2,(H2,29,31)/t18-/m0/s1. The molecule has 2 N–H and O–H groups in total. The van der Waals surface area contributed by atoms with Gasteiger partial charge in [0.2, 0.25) is 0 Å². The van der Waals surface area contributed by atoms with E-state index >= 15 is 4.39 Å². The number of nitrogens with zero attached hydrogens (tertiary/aromatic N) is 4. The van der Waals surface area contributed by atoms with Crippen molar-refractivity contribution in [2.75, 3.05) is 12.3 Å². The normalized spacial score (nSPS) is 17.0. The minimum absolute atomic E-state index is 0.0336. The van der Waals surface area contributed by atoms with Crippen LogP contribution in [0.4, 0.5) is 27.8 Å². The SMILES string of the molecule is Nc1nc2cc(F)c(C(=O)N3CCCC[C@H]3c3ccc(C(F)(F)F)cc3F)cc2n2cncc12. The van der Waals surface area contributed by atoms with Crippen molar-refractivity contribution in [1.29, 1.82) is 0 Å². The van der Waals surface area contributed by atoms with E-state index in [0.717, 1.165) is 18.2 Å². The Kier molecular flexibility index (Phi) is 5.14. The van der Waals surface area contributed by atoms with E-state index in [9.17, 15) is 22.4 Å². The Morgan fingerprint density at radius 2 is 1.85 bits per heavy atom. The molecule has 34 heavy (non-hydrogen) atoms. The second kappa shape index (κ2) is 7.93. The summed E-state index contributed by atoms with van der Waals surface area (Å²) in [4.78, 5) is 22.9. The predicted molar refractivity (Wildman–Crippen MR) is 114 cm³/mol. The maximum absolute atomic E-state index is 15.0. The second-order valence-corrected chi connectivity index (χ2v) is 8.21. The third kappa shape index (κ3) is 3.61. The molecule has 0 bridgehead atoms. The number of amides is 1. The average molecular weight is 475 g/mol. The first-order chi connectivity index (χ1) is 16.1. The van der Waals surface area contributed by atoms with Gasteiger partial charge >= 0.3 is 6.18 Å². The summed E-state index contributed by atoms with van der Waals surface area (Å²) in [5.74, 6) is -2.43. The Balaban J connectivity index is 1.57. The van der Waals surface area contributed by atoms with Crippen LogP contribution in [0.2, 0.25) is 0 Å². The number of nitrogen functional groups attached to an aromatic ring is 1. The van der Waals surface area contributed by atoms with E-state index in [-0.39, 0.29) is 29.0 Å². The van der Waals surface area contributed by atoms with Gasteiger partial charge in [0.15, 0.2) is 0 Å². The van der Waals surface area contributed by atoms with E-state index in [0.29, 0.717) is 36.4 Å². The van der Waals surface area contributed by atoms with Crippen molar-refractivity contribution >= 4 is 28.3 Å². The summed E-state index contributed by atoms with van der Waals surface area (Å²) in [5, 5.41) is 0. The highest BCUT2D eigenvalue weighted by Gasteiger charge is 2.35. The fourth-order valence-electron chi connectivity index (χ4n) is 4.49. The zero-order chi connectivity index (χ0) is 24.2. The smallest absolute Gasteiger partial charge is 0.382 e. The molecule has 0 unspecified atom stereocenters. The fraction of sp³-hybridized carbons (Fsp3) is 0.261. The molecule has 0 saturated carbocycles. The van der Waals surface area contributed by atoms with Crippen LogP contribution in [-0.4, -0.2) is 31.7 Å². The van der Waals surface area contributed by atoms with Gasteiger partial charge in [0, 0.05) is 18.2 Å². The molecule has 1 atom stereocenters. The van der Waals surface area contributed by atoms with E-state index in [2.05, 4.69) is 9.97 Å². The summed E-state index contributed by atoms with van der Waals surface area (Å²) in [6.07, 6.45) is -0.153. The molecule has 6 nitrogen and oxygen atoms in total. The van der Waals surface area contributed by atoms with Crippen LogP contribution in [0.25, 0.3) is 16.6 Å². The van der Waals surface area contributed by atoms with Gasteiger partial charge in [0.1, 0.15) is 23.0 Å². The number of fused-ring (bicyclic) bond motifs is 3. The zero-order valence-corrected chi connectivity index (χ0v) is 17.6. The molecule has 1 amide bonds. The highest BCUT2D eigenvalue weighted by molar-refractivity contribution is 5.98. The summed E-state index contributed by atoms with van der Waals surface area (Å²) in [6.45, 7) is 0.210. The third-order valence-corrected chi connectivity index (χ3v) is 6.15. The number of likely N-dealkylation sites (tertiary alicyclic amines) is 1. The van der Waals surface area contributed by atoms with E-state index < -0.39 is 35.3 Å². The molecule has 0 radical (unpaired) electrons. The van der Waals surface area contributed by atoms with Crippen molar-refractivity contribution in [3.8, 4) is 0 Å². The van der Waals surface area contributed by atoms with Crippen LogP contribution in [-0.2, 0) is 6.18 Å². The maximum atomic E-state index is 15.0. The van der Waals surface area contributed by atoms with Gasteiger partial charge < -0.3 is 10.6 Å². The zero-order valence-electron chi connectivity index (χ0n) is 17.6. The van der Waals surface area contributed by atoms with Crippen LogP contribution in [0.15, 0.2) is 42.9 Å². The number of benzene rings is 2. The van der Waals surface area contributed by atoms with Crippen molar-refractivity contribution in [2.24, 2.45) is 0 Å². The van der Waals surface area contributed by atoms with Gasteiger partial charge in [-0.25, -0.2) is 18.7 Å². The molecular formula is C23H18F5N5O. The van der Waals surface area contributed by atoms with Crippen LogP contribution >= 0.6 is 0 Å². The Morgan fingerprint density at radius 1 is 1.06 bits per heavy atom. The largest absolute Gasteiger partial charge is 0.416 e. The third-order valence-electron chi connectivity index (χ3n) is 6.15. The molecule has 176 valence electrons. The maximum Gasteiger partial charge on any atom is 0.416 e. The summed E-state index contributed by atoms with van der Waals surface area (Å²) in [7, 11) is 0. The molecule has 11 heteroatoms. The molecule has 4 aromatic rings. The molecule has 1 fully saturated rings. The molecular weight excluding hydrogens is 457 g/mol. The first kappa shape index (κ1) is 22.1. The highest BCUT2D eigenvalue weighted by Crippen LogP contribution is 2.37. The number of carbonyl (C=O) groups is 1. The number of alkyl halides is 3. The molecule has 5 rings (SSSR count).